The molecular formula is C15H19BrFN3. The largest absolute Gasteiger partial charge is 0.296 e. The van der Waals surface area contributed by atoms with Gasteiger partial charge in [0, 0.05) is 42.8 Å². The molecule has 1 saturated heterocycles. The van der Waals surface area contributed by atoms with Crippen LogP contribution in [-0.4, -0.2) is 42.0 Å². The monoisotopic (exact) mass is 339 g/mol. The highest BCUT2D eigenvalue weighted by Gasteiger charge is 2.22. The van der Waals surface area contributed by atoms with Gasteiger partial charge in [-0.05, 0) is 18.6 Å². The van der Waals surface area contributed by atoms with Gasteiger partial charge in [0.2, 0.25) is 0 Å². The maximum atomic E-state index is 13.8. The second-order valence-corrected chi connectivity index (χ2v) is 6.02. The summed E-state index contributed by atoms with van der Waals surface area (Å²) in [7, 11) is 0. The van der Waals surface area contributed by atoms with Gasteiger partial charge in [0.1, 0.15) is 5.82 Å². The van der Waals surface area contributed by atoms with Crippen molar-refractivity contribution in [3.8, 4) is 6.07 Å². The molecule has 1 aromatic rings. The third-order valence-corrected chi connectivity index (χ3v) is 4.29. The Kier molecular flexibility index (Phi) is 5.53. The van der Waals surface area contributed by atoms with Crippen LogP contribution in [0.25, 0.3) is 0 Å². The number of benzene rings is 1. The second kappa shape index (κ2) is 7.16. The van der Waals surface area contributed by atoms with Crippen LogP contribution in [0.1, 0.15) is 18.9 Å². The molecule has 20 heavy (non-hydrogen) atoms. The SMILES string of the molecule is CCC(C#N)N1CCN(Cc2ccc(Br)cc2F)CC1. The molecule has 0 aromatic heterocycles. The minimum Gasteiger partial charge on any atom is -0.296 e. The van der Waals surface area contributed by atoms with Crippen molar-refractivity contribution in [1.82, 2.24) is 9.80 Å². The van der Waals surface area contributed by atoms with Crippen molar-refractivity contribution in [3.63, 3.8) is 0 Å². The zero-order valence-electron chi connectivity index (χ0n) is 11.6. The molecule has 1 atom stereocenters. The van der Waals surface area contributed by atoms with Crippen LogP contribution in [0.4, 0.5) is 4.39 Å². The highest BCUT2D eigenvalue weighted by molar-refractivity contribution is 9.10. The van der Waals surface area contributed by atoms with Crippen LogP contribution in [-0.2, 0) is 6.54 Å². The Hall–Kier alpha value is -0.960. The van der Waals surface area contributed by atoms with Crippen LogP contribution >= 0.6 is 15.9 Å². The number of nitrogens with zero attached hydrogens (tertiary/aromatic N) is 3. The van der Waals surface area contributed by atoms with Crippen LogP contribution in [0.2, 0.25) is 0 Å². The van der Waals surface area contributed by atoms with Crippen molar-refractivity contribution in [2.75, 3.05) is 26.2 Å². The van der Waals surface area contributed by atoms with Gasteiger partial charge in [0.05, 0.1) is 12.1 Å². The van der Waals surface area contributed by atoms with Gasteiger partial charge >= 0.3 is 0 Å². The van der Waals surface area contributed by atoms with Crippen molar-refractivity contribution < 1.29 is 4.39 Å². The molecule has 1 heterocycles. The van der Waals surface area contributed by atoms with Gasteiger partial charge < -0.3 is 0 Å². The van der Waals surface area contributed by atoms with E-state index in [0.717, 1.165) is 42.6 Å². The van der Waals surface area contributed by atoms with Crippen molar-refractivity contribution in [2.45, 2.75) is 25.9 Å². The normalized spacial score (nSPS) is 18.7. The van der Waals surface area contributed by atoms with E-state index in [0.29, 0.717) is 6.54 Å². The average molecular weight is 340 g/mol. The van der Waals surface area contributed by atoms with E-state index in [-0.39, 0.29) is 11.9 Å². The Balaban J connectivity index is 1.90. The molecule has 1 unspecified atom stereocenters. The molecule has 0 bridgehead atoms. The average Bonchev–Trinajstić information content (AvgIpc) is 2.45. The first kappa shape index (κ1) is 15.4. The Morgan fingerprint density at radius 1 is 1.35 bits per heavy atom. The minimum atomic E-state index is -0.162. The van der Waals surface area contributed by atoms with Gasteiger partial charge in [-0.2, -0.15) is 5.26 Å². The summed E-state index contributed by atoms with van der Waals surface area (Å²) in [6.07, 6.45) is 0.859. The van der Waals surface area contributed by atoms with E-state index in [1.807, 2.05) is 19.1 Å². The lowest BCUT2D eigenvalue weighted by Gasteiger charge is -2.36. The van der Waals surface area contributed by atoms with E-state index in [1.165, 1.54) is 6.07 Å². The Bertz CT molecular complexity index is 492. The summed E-state index contributed by atoms with van der Waals surface area (Å²) in [5.41, 5.74) is 0.731. The van der Waals surface area contributed by atoms with Gasteiger partial charge in [-0.1, -0.05) is 28.9 Å². The van der Waals surface area contributed by atoms with E-state index in [9.17, 15) is 4.39 Å². The van der Waals surface area contributed by atoms with Crippen molar-refractivity contribution in [3.05, 3.63) is 34.1 Å². The minimum absolute atomic E-state index is 0.0153. The molecule has 0 spiro atoms. The second-order valence-electron chi connectivity index (χ2n) is 5.10. The Labute approximate surface area is 128 Å². The first-order valence-electron chi connectivity index (χ1n) is 6.94. The number of rotatable bonds is 4. The fourth-order valence-corrected chi connectivity index (χ4v) is 2.89. The van der Waals surface area contributed by atoms with Gasteiger partial charge in [-0.15, -0.1) is 0 Å². The lowest BCUT2D eigenvalue weighted by Crippen LogP contribution is -2.49. The molecule has 3 nitrogen and oxygen atoms in total. The van der Waals surface area contributed by atoms with Crippen LogP contribution in [0.3, 0.4) is 0 Å². The third-order valence-electron chi connectivity index (χ3n) is 3.79. The third kappa shape index (κ3) is 3.78. The van der Waals surface area contributed by atoms with E-state index < -0.39 is 0 Å². The van der Waals surface area contributed by atoms with E-state index in [1.54, 1.807) is 0 Å². The van der Waals surface area contributed by atoms with Crippen LogP contribution < -0.4 is 0 Å². The van der Waals surface area contributed by atoms with Crippen LogP contribution in [0.5, 0.6) is 0 Å². The van der Waals surface area contributed by atoms with Crippen LogP contribution in [0.15, 0.2) is 22.7 Å². The van der Waals surface area contributed by atoms with Gasteiger partial charge in [-0.3, -0.25) is 9.80 Å². The van der Waals surface area contributed by atoms with E-state index >= 15 is 0 Å². The molecule has 0 N–H and O–H groups in total. The summed E-state index contributed by atoms with van der Waals surface area (Å²) in [6, 6.07) is 7.57. The van der Waals surface area contributed by atoms with Gasteiger partial charge in [-0.25, -0.2) is 4.39 Å². The zero-order valence-corrected chi connectivity index (χ0v) is 13.2. The summed E-state index contributed by atoms with van der Waals surface area (Å²) < 4.78 is 14.6. The number of piperazine rings is 1. The zero-order chi connectivity index (χ0) is 14.5. The topological polar surface area (TPSA) is 30.3 Å². The summed E-state index contributed by atoms with van der Waals surface area (Å²) in [6.45, 7) is 6.20. The van der Waals surface area contributed by atoms with Gasteiger partial charge in [0.15, 0.2) is 0 Å². The predicted octanol–water partition coefficient (Wildman–Crippen LogP) is 3.01. The summed E-state index contributed by atoms with van der Waals surface area (Å²) in [5, 5.41) is 9.08. The summed E-state index contributed by atoms with van der Waals surface area (Å²) in [4.78, 5) is 4.46. The number of nitriles is 1. The molecule has 1 aliphatic heterocycles. The number of hydrogen-bond acceptors (Lipinski definition) is 3. The molecule has 1 aromatic carbocycles. The highest BCUT2D eigenvalue weighted by atomic mass is 79.9. The lowest BCUT2D eigenvalue weighted by atomic mass is 10.1. The summed E-state index contributed by atoms with van der Waals surface area (Å²) >= 11 is 3.27. The highest BCUT2D eigenvalue weighted by Crippen LogP contribution is 2.18. The van der Waals surface area contributed by atoms with Crippen molar-refractivity contribution in [1.29, 1.82) is 5.26 Å². The fourth-order valence-electron chi connectivity index (χ4n) is 2.56. The first-order chi connectivity index (χ1) is 9.63. The first-order valence-corrected chi connectivity index (χ1v) is 7.73. The molecule has 1 aliphatic rings. The van der Waals surface area contributed by atoms with Crippen molar-refractivity contribution in [2.24, 2.45) is 0 Å². The molecule has 0 saturated carbocycles. The molecule has 2 rings (SSSR count). The maximum Gasteiger partial charge on any atom is 0.128 e. The molecule has 0 amide bonds. The Morgan fingerprint density at radius 2 is 2.05 bits per heavy atom. The fraction of sp³-hybridized carbons (Fsp3) is 0.533. The molecule has 5 heteroatoms. The predicted molar refractivity (Wildman–Crippen MR) is 80.6 cm³/mol. The maximum absolute atomic E-state index is 13.8. The molecule has 0 aliphatic carbocycles. The quantitative estimate of drug-likeness (QED) is 0.844. The number of halogens is 2. The molecular weight excluding hydrogens is 321 g/mol. The smallest absolute Gasteiger partial charge is 0.128 e. The van der Waals surface area contributed by atoms with E-state index in [2.05, 4.69) is 31.8 Å². The Morgan fingerprint density at radius 3 is 2.60 bits per heavy atom. The van der Waals surface area contributed by atoms with Crippen LogP contribution in [0, 0.1) is 17.1 Å². The molecule has 108 valence electrons. The standard InChI is InChI=1S/C15H19BrFN3/c1-2-14(10-18)20-7-5-19(6-8-20)11-12-3-4-13(16)9-15(12)17/h3-4,9,14H,2,5-8,11H2,1H3. The number of hydrogen-bond donors (Lipinski definition) is 0. The van der Waals surface area contributed by atoms with E-state index in [4.69, 9.17) is 5.26 Å². The molecule has 0 radical (unpaired) electrons. The summed E-state index contributed by atoms with van der Waals surface area (Å²) in [5.74, 6) is -0.162. The van der Waals surface area contributed by atoms with Gasteiger partial charge in [0.25, 0.3) is 0 Å². The van der Waals surface area contributed by atoms with Crippen molar-refractivity contribution >= 4 is 15.9 Å². The lowest BCUT2D eigenvalue weighted by molar-refractivity contribution is 0.107. The molecule has 1 fully saturated rings.